The summed E-state index contributed by atoms with van der Waals surface area (Å²) >= 11 is 13.7. The van der Waals surface area contributed by atoms with Crippen molar-refractivity contribution in [3.8, 4) is 5.75 Å². The Kier molecular flexibility index (Phi) is 9.70. The molecule has 1 atom stereocenters. The van der Waals surface area contributed by atoms with Crippen LogP contribution in [0.3, 0.4) is 0 Å². The highest BCUT2D eigenvalue weighted by Crippen LogP contribution is 2.32. The first-order valence-electron chi connectivity index (χ1n) is 13.1. The van der Waals surface area contributed by atoms with E-state index in [9.17, 15) is 9.59 Å². The van der Waals surface area contributed by atoms with Crippen LogP contribution in [-0.2, 0) is 9.53 Å². The van der Waals surface area contributed by atoms with E-state index in [4.69, 9.17) is 32.7 Å². The summed E-state index contributed by atoms with van der Waals surface area (Å²) in [4.78, 5) is 32.3. The number of halogens is 2. The second-order valence-electron chi connectivity index (χ2n) is 9.86. The highest BCUT2D eigenvalue weighted by molar-refractivity contribution is 7.07. The number of benzene rings is 2. The van der Waals surface area contributed by atoms with Crippen molar-refractivity contribution in [3.05, 3.63) is 94.6 Å². The molecule has 2 aromatic carbocycles. The van der Waals surface area contributed by atoms with Crippen molar-refractivity contribution >= 4 is 46.6 Å². The van der Waals surface area contributed by atoms with Crippen LogP contribution in [0, 0.1) is 5.92 Å². The monoisotopic (exact) mass is 586 g/mol. The van der Waals surface area contributed by atoms with Crippen LogP contribution in [-0.4, -0.2) is 23.8 Å². The molecule has 0 saturated carbocycles. The number of carbonyl (C=O) groups is 1. The van der Waals surface area contributed by atoms with Gasteiger partial charge in [0.05, 0.1) is 35.1 Å². The number of carbonyl (C=O) groups excluding carboxylic acids is 1. The summed E-state index contributed by atoms with van der Waals surface area (Å²) in [5, 5.41) is 0.949. The molecule has 1 unspecified atom stereocenters. The zero-order valence-electron chi connectivity index (χ0n) is 22.5. The molecular formula is C30H32Cl2N2O4S. The third kappa shape index (κ3) is 6.83. The SMILES string of the molecule is CCCCCOc1ccc(C2C(C(=O)OCC(C)C)=C(C)N=c3s/c(=C\c4ccc(Cl)cc4Cl)c(=O)n32)cc1. The van der Waals surface area contributed by atoms with Gasteiger partial charge in [-0.25, -0.2) is 9.79 Å². The first kappa shape index (κ1) is 29.1. The number of fused-ring (bicyclic) bond motifs is 1. The Bertz CT molecular complexity index is 1550. The van der Waals surface area contributed by atoms with E-state index < -0.39 is 12.0 Å². The topological polar surface area (TPSA) is 69.9 Å². The van der Waals surface area contributed by atoms with Gasteiger partial charge in [0.15, 0.2) is 4.80 Å². The lowest BCUT2D eigenvalue weighted by atomic mass is 9.96. The molecule has 0 amide bonds. The van der Waals surface area contributed by atoms with Crippen molar-refractivity contribution in [1.29, 1.82) is 0 Å². The maximum atomic E-state index is 13.8. The molecule has 1 aromatic heterocycles. The average Bonchev–Trinajstić information content (AvgIpc) is 3.20. The lowest BCUT2D eigenvalue weighted by Gasteiger charge is -2.25. The Balaban J connectivity index is 1.80. The molecule has 6 nitrogen and oxygen atoms in total. The normalized spacial score (nSPS) is 15.4. The van der Waals surface area contributed by atoms with E-state index >= 15 is 0 Å². The number of ether oxygens (including phenoxy) is 2. The van der Waals surface area contributed by atoms with E-state index in [1.807, 2.05) is 38.1 Å². The predicted octanol–water partition coefficient (Wildman–Crippen LogP) is 6.31. The van der Waals surface area contributed by atoms with Gasteiger partial charge in [-0.3, -0.25) is 9.36 Å². The first-order valence-corrected chi connectivity index (χ1v) is 14.6. The summed E-state index contributed by atoms with van der Waals surface area (Å²) in [6, 6.07) is 11.9. The molecule has 39 heavy (non-hydrogen) atoms. The molecule has 3 aromatic rings. The maximum absolute atomic E-state index is 13.8. The smallest absolute Gasteiger partial charge is 0.338 e. The van der Waals surface area contributed by atoms with E-state index in [-0.39, 0.29) is 18.1 Å². The molecule has 0 aliphatic carbocycles. The van der Waals surface area contributed by atoms with Crippen molar-refractivity contribution in [3.63, 3.8) is 0 Å². The average molecular weight is 588 g/mol. The van der Waals surface area contributed by atoms with Crippen molar-refractivity contribution in [2.24, 2.45) is 10.9 Å². The van der Waals surface area contributed by atoms with Crippen LogP contribution in [0.15, 0.2) is 63.5 Å². The molecule has 0 fully saturated rings. The van der Waals surface area contributed by atoms with Crippen molar-refractivity contribution in [2.45, 2.75) is 53.0 Å². The summed E-state index contributed by atoms with van der Waals surface area (Å²) in [5.74, 6) is 0.428. The number of unbranched alkanes of at least 4 members (excludes halogenated alkanes) is 2. The molecule has 0 bridgehead atoms. The third-order valence-corrected chi connectivity index (χ3v) is 7.80. The molecular weight excluding hydrogens is 555 g/mol. The number of thiazole rings is 1. The van der Waals surface area contributed by atoms with E-state index in [0.29, 0.717) is 42.8 Å². The number of rotatable bonds is 10. The van der Waals surface area contributed by atoms with Gasteiger partial charge in [0.2, 0.25) is 0 Å². The Labute approximate surface area is 242 Å². The summed E-state index contributed by atoms with van der Waals surface area (Å²) in [6.07, 6.45) is 4.95. The molecule has 9 heteroatoms. The van der Waals surface area contributed by atoms with Gasteiger partial charge in [-0.15, -0.1) is 0 Å². The summed E-state index contributed by atoms with van der Waals surface area (Å²) in [7, 11) is 0. The van der Waals surface area contributed by atoms with Gasteiger partial charge in [-0.2, -0.15) is 0 Å². The zero-order chi connectivity index (χ0) is 28.1. The summed E-state index contributed by atoms with van der Waals surface area (Å²) in [6.45, 7) is 8.79. The third-order valence-electron chi connectivity index (χ3n) is 6.25. The molecule has 1 aliphatic heterocycles. The fourth-order valence-electron chi connectivity index (χ4n) is 4.27. The quantitative estimate of drug-likeness (QED) is 0.206. The van der Waals surface area contributed by atoms with E-state index in [1.54, 1.807) is 35.8 Å². The Morgan fingerprint density at radius 3 is 2.56 bits per heavy atom. The summed E-state index contributed by atoms with van der Waals surface area (Å²) < 4.78 is 13.5. The zero-order valence-corrected chi connectivity index (χ0v) is 24.8. The molecule has 2 heterocycles. The van der Waals surface area contributed by atoms with Crippen LogP contribution >= 0.6 is 34.5 Å². The molecule has 206 valence electrons. The standard InChI is InChI=1S/C30H32Cl2N2O4S/c1-5-6-7-14-37-23-12-9-20(10-13-23)27-26(29(36)38-17-18(2)3)19(4)33-30-34(27)28(35)25(39-30)15-21-8-11-22(31)16-24(21)32/h8-13,15-16,18,27H,5-7,14,17H2,1-4H3/b25-15-. The molecule has 0 spiro atoms. The van der Waals surface area contributed by atoms with Crippen LogP contribution in [0.25, 0.3) is 6.08 Å². The molecule has 0 saturated heterocycles. The maximum Gasteiger partial charge on any atom is 0.338 e. The van der Waals surface area contributed by atoms with Crippen LogP contribution in [0.2, 0.25) is 10.0 Å². The van der Waals surface area contributed by atoms with Crippen LogP contribution in [0.4, 0.5) is 0 Å². The second kappa shape index (κ2) is 13.0. The fraction of sp³-hybridized carbons (Fsp3) is 0.367. The number of aromatic nitrogens is 1. The van der Waals surface area contributed by atoms with Crippen LogP contribution < -0.4 is 19.6 Å². The largest absolute Gasteiger partial charge is 0.494 e. The van der Waals surface area contributed by atoms with Gasteiger partial charge in [0, 0.05) is 10.0 Å². The van der Waals surface area contributed by atoms with Crippen LogP contribution in [0.5, 0.6) is 5.75 Å². The number of hydrogen-bond donors (Lipinski definition) is 0. The minimum atomic E-state index is -0.696. The van der Waals surface area contributed by atoms with Crippen molar-refractivity contribution < 1.29 is 14.3 Å². The highest BCUT2D eigenvalue weighted by Gasteiger charge is 2.33. The minimum absolute atomic E-state index is 0.169. The molecule has 0 radical (unpaired) electrons. The minimum Gasteiger partial charge on any atom is -0.494 e. The van der Waals surface area contributed by atoms with Gasteiger partial charge in [0.1, 0.15) is 5.75 Å². The number of nitrogens with zero attached hydrogens (tertiary/aromatic N) is 2. The number of hydrogen-bond acceptors (Lipinski definition) is 6. The van der Waals surface area contributed by atoms with E-state index in [2.05, 4.69) is 11.9 Å². The fourth-order valence-corrected chi connectivity index (χ4v) is 5.77. The molecule has 4 rings (SSSR count). The first-order chi connectivity index (χ1) is 18.7. The van der Waals surface area contributed by atoms with Crippen molar-refractivity contribution in [2.75, 3.05) is 13.2 Å². The predicted molar refractivity (Wildman–Crippen MR) is 157 cm³/mol. The lowest BCUT2D eigenvalue weighted by Crippen LogP contribution is -2.40. The molecule has 0 N–H and O–H groups in total. The lowest BCUT2D eigenvalue weighted by molar-refractivity contribution is -0.140. The van der Waals surface area contributed by atoms with Gasteiger partial charge < -0.3 is 9.47 Å². The van der Waals surface area contributed by atoms with E-state index in [0.717, 1.165) is 30.6 Å². The second-order valence-corrected chi connectivity index (χ2v) is 11.7. The van der Waals surface area contributed by atoms with Crippen LogP contribution in [0.1, 0.15) is 64.1 Å². The van der Waals surface area contributed by atoms with Gasteiger partial charge in [-0.1, -0.05) is 86.4 Å². The Hall–Kier alpha value is -2.87. The van der Waals surface area contributed by atoms with Gasteiger partial charge in [0.25, 0.3) is 5.56 Å². The Morgan fingerprint density at radius 1 is 1.15 bits per heavy atom. The van der Waals surface area contributed by atoms with E-state index in [1.165, 1.54) is 11.3 Å². The number of allylic oxidation sites excluding steroid dienone is 1. The van der Waals surface area contributed by atoms with Crippen molar-refractivity contribution in [1.82, 2.24) is 4.57 Å². The molecule has 1 aliphatic rings. The number of esters is 1. The summed E-state index contributed by atoms with van der Waals surface area (Å²) in [5.41, 5.74) is 2.02. The van der Waals surface area contributed by atoms with Gasteiger partial charge >= 0.3 is 5.97 Å². The Morgan fingerprint density at radius 2 is 1.90 bits per heavy atom. The highest BCUT2D eigenvalue weighted by atomic mass is 35.5. The van der Waals surface area contributed by atoms with Gasteiger partial charge in [-0.05, 0) is 60.7 Å².